The van der Waals surface area contributed by atoms with Crippen LogP contribution in [0.1, 0.15) is 19.8 Å². The molecule has 0 spiro atoms. The van der Waals surface area contributed by atoms with Crippen molar-refractivity contribution in [3.63, 3.8) is 0 Å². The molecule has 2 rings (SSSR count). The first-order chi connectivity index (χ1) is 9.56. The van der Waals surface area contributed by atoms with Crippen molar-refractivity contribution in [2.45, 2.75) is 26.3 Å². The summed E-state index contributed by atoms with van der Waals surface area (Å²) < 4.78 is 6.66. The summed E-state index contributed by atoms with van der Waals surface area (Å²) in [6, 6.07) is 0. The smallest absolute Gasteiger partial charge is 0.287 e. The van der Waals surface area contributed by atoms with Gasteiger partial charge in [0.25, 0.3) is 5.56 Å². The second kappa shape index (κ2) is 6.41. The standard InChI is InChI=1S/C14H20ClN3O2/c1-3-6-18-13(19)12(15)11(9-17-18)16-10-14(2)4-7-20-8-5-14/h3,9,16H,1,4-8,10H2,2H3. The Morgan fingerprint density at radius 1 is 1.60 bits per heavy atom. The first-order valence-corrected chi connectivity index (χ1v) is 7.12. The molecule has 1 aliphatic rings. The molecule has 5 nitrogen and oxygen atoms in total. The molecule has 0 bridgehead atoms. The Morgan fingerprint density at radius 3 is 2.95 bits per heavy atom. The summed E-state index contributed by atoms with van der Waals surface area (Å²) in [5.74, 6) is 0. The van der Waals surface area contributed by atoms with Gasteiger partial charge in [-0.2, -0.15) is 5.10 Å². The minimum Gasteiger partial charge on any atom is -0.382 e. The van der Waals surface area contributed by atoms with Crippen LogP contribution in [-0.2, 0) is 11.3 Å². The molecule has 1 aromatic heterocycles. The Labute approximate surface area is 123 Å². The van der Waals surface area contributed by atoms with Crippen molar-refractivity contribution in [1.82, 2.24) is 9.78 Å². The van der Waals surface area contributed by atoms with Crippen molar-refractivity contribution in [2.75, 3.05) is 25.1 Å². The molecule has 0 saturated carbocycles. The molecule has 20 heavy (non-hydrogen) atoms. The summed E-state index contributed by atoms with van der Waals surface area (Å²) in [7, 11) is 0. The number of aromatic nitrogens is 2. The van der Waals surface area contributed by atoms with Gasteiger partial charge in [0.15, 0.2) is 0 Å². The van der Waals surface area contributed by atoms with Gasteiger partial charge in [-0.25, -0.2) is 4.68 Å². The molecule has 2 heterocycles. The number of ether oxygens (including phenoxy) is 1. The predicted molar refractivity (Wildman–Crippen MR) is 80.4 cm³/mol. The number of rotatable bonds is 5. The van der Waals surface area contributed by atoms with Gasteiger partial charge in [-0.15, -0.1) is 6.58 Å². The molecule has 6 heteroatoms. The molecule has 1 N–H and O–H groups in total. The maximum absolute atomic E-state index is 12.0. The fraction of sp³-hybridized carbons (Fsp3) is 0.571. The number of nitrogens with zero attached hydrogens (tertiary/aromatic N) is 2. The number of hydrogen-bond acceptors (Lipinski definition) is 4. The summed E-state index contributed by atoms with van der Waals surface area (Å²) in [5, 5.41) is 7.50. The fourth-order valence-corrected chi connectivity index (χ4v) is 2.40. The van der Waals surface area contributed by atoms with Crippen LogP contribution >= 0.6 is 11.6 Å². The summed E-state index contributed by atoms with van der Waals surface area (Å²) in [5.41, 5.74) is 0.454. The maximum atomic E-state index is 12.0. The van der Waals surface area contributed by atoms with Crippen molar-refractivity contribution in [2.24, 2.45) is 5.41 Å². The van der Waals surface area contributed by atoms with E-state index in [0.29, 0.717) is 12.2 Å². The quantitative estimate of drug-likeness (QED) is 0.848. The van der Waals surface area contributed by atoms with Gasteiger partial charge in [-0.1, -0.05) is 24.6 Å². The Balaban J connectivity index is 2.08. The van der Waals surface area contributed by atoms with E-state index in [1.165, 1.54) is 4.68 Å². The highest BCUT2D eigenvalue weighted by molar-refractivity contribution is 6.32. The highest BCUT2D eigenvalue weighted by Gasteiger charge is 2.27. The Bertz CT molecular complexity index is 536. The second-order valence-electron chi connectivity index (χ2n) is 5.42. The molecular weight excluding hydrogens is 278 g/mol. The van der Waals surface area contributed by atoms with E-state index in [2.05, 4.69) is 23.9 Å². The average molecular weight is 298 g/mol. The van der Waals surface area contributed by atoms with Gasteiger partial charge in [0.05, 0.1) is 18.4 Å². The molecular formula is C14H20ClN3O2. The van der Waals surface area contributed by atoms with Crippen LogP contribution in [0.5, 0.6) is 0 Å². The SMILES string of the molecule is C=CCn1ncc(NCC2(C)CCOCC2)c(Cl)c1=O. The molecule has 0 aromatic carbocycles. The van der Waals surface area contributed by atoms with Crippen LogP contribution in [0.15, 0.2) is 23.6 Å². The lowest BCUT2D eigenvalue weighted by atomic mass is 9.82. The average Bonchev–Trinajstić information content (AvgIpc) is 2.44. The van der Waals surface area contributed by atoms with Crippen molar-refractivity contribution in [3.05, 3.63) is 34.2 Å². The van der Waals surface area contributed by atoms with Crippen LogP contribution in [0.4, 0.5) is 5.69 Å². The van der Waals surface area contributed by atoms with Gasteiger partial charge in [0.1, 0.15) is 5.02 Å². The Hall–Kier alpha value is -1.33. The number of allylic oxidation sites excluding steroid dienone is 1. The van der Waals surface area contributed by atoms with Crippen LogP contribution in [0.2, 0.25) is 5.02 Å². The zero-order valence-electron chi connectivity index (χ0n) is 11.7. The van der Waals surface area contributed by atoms with Crippen LogP contribution in [-0.4, -0.2) is 29.5 Å². The van der Waals surface area contributed by atoms with Crippen LogP contribution in [0, 0.1) is 5.41 Å². The lowest BCUT2D eigenvalue weighted by Crippen LogP contribution is -2.34. The largest absolute Gasteiger partial charge is 0.382 e. The van der Waals surface area contributed by atoms with Gasteiger partial charge in [-0.05, 0) is 18.3 Å². The van der Waals surface area contributed by atoms with Crippen molar-refractivity contribution in [1.29, 1.82) is 0 Å². The number of nitrogens with one attached hydrogen (secondary N) is 1. The molecule has 0 amide bonds. The minimum absolute atomic E-state index is 0.164. The first-order valence-electron chi connectivity index (χ1n) is 6.74. The fourth-order valence-electron chi connectivity index (χ4n) is 2.19. The molecule has 0 atom stereocenters. The minimum atomic E-state index is -0.298. The maximum Gasteiger partial charge on any atom is 0.287 e. The summed E-state index contributed by atoms with van der Waals surface area (Å²) in [6.45, 7) is 8.47. The van der Waals surface area contributed by atoms with E-state index in [4.69, 9.17) is 16.3 Å². The third-order valence-electron chi connectivity index (χ3n) is 3.69. The lowest BCUT2D eigenvalue weighted by Gasteiger charge is -2.33. The van der Waals surface area contributed by atoms with Crippen LogP contribution < -0.4 is 10.9 Å². The zero-order valence-corrected chi connectivity index (χ0v) is 12.4. The number of anilines is 1. The molecule has 0 aliphatic carbocycles. The molecule has 1 fully saturated rings. The highest BCUT2D eigenvalue weighted by atomic mass is 35.5. The van der Waals surface area contributed by atoms with E-state index in [1.807, 2.05) is 0 Å². The summed E-state index contributed by atoms with van der Waals surface area (Å²) >= 11 is 6.10. The Morgan fingerprint density at radius 2 is 2.30 bits per heavy atom. The van der Waals surface area contributed by atoms with Gasteiger partial charge in [0, 0.05) is 19.8 Å². The summed E-state index contributed by atoms with van der Waals surface area (Å²) in [6.07, 6.45) is 5.20. The van der Waals surface area contributed by atoms with E-state index in [0.717, 1.165) is 32.6 Å². The monoisotopic (exact) mass is 297 g/mol. The van der Waals surface area contributed by atoms with E-state index in [-0.39, 0.29) is 16.0 Å². The molecule has 110 valence electrons. The van der Waals surface area contributed by atoms with Gasteiger partial charge < -0.3 is 10.1 Å². The van der Waals surface area contributed by atoms with Gasteiger partial charge in [0.2, 0.25) is 0 Å². The molecule has 0 unspecified atom stereocenters. The van der Waals surface area contributed by atoms with E-state index in [1.54, 1.807) is 12.3 Å². The van der Waals surface area contributed by atoms with Crippen molar-refractivity contribution in [3.8, 4) is 0 Å². The first kappa shape index (κ1) is 15.1. The second-order valence-corrected chi connectivity index (χ2v) is 5.80. The normalized spacial score (nSPS) is 17.7. The zero-order chi connectivity index (χ0) is 14.6. The number of hydrogen-bond donors (Lipinski definition) is 1. The van der Waals surface area contributed by atoms with E-state index in [9.17, 15) is 4.79 Å². The molecule has 1 aliphatic heterocycles. The highest BCUT2D eigenvalue weighted by Crippen LogP contribution is 2.30. The van der Waals surface area contributed by atoms with Gasteiger partial charge in [-0.3, -0.25) is 4.79 Å². The topological polar surface area (TPSA) is 56.1 Å². The van der Waals surface area contributed by atoms with Crippen LogP contribution in [0.25, 0.3) is 0 Å². The van der Waals surface area contributed by atoms with E-state index < -0.39 is 0 Å². The molecule has 1 saturated heterocycles. The lowest BCUT2D eigenvalue weighted by molar-refractivity contribution is 0.0300. The number of halogens is 1. The molecule has 1 aromatic rings. The Kier molecular flexibility index (Phi) is 4.83. The van der Waals surface area contributed by atoms with E-state index >= 15 is 0 Å². The molecule has 0 radical (unpaired) electrons. The predicted octanol–water partition coefficient (Wildman–Crippen LogP) is 2.31. The van der Waals surface area contributed by atoms with Crippen LogP contribution in [0.3, 0.4) is 0 Å². The van der Waals surface area contributed by atoms with Gasteiger partial charge >= 0.3 is 0 Å². The summed E-state index contributed by atoms with van der Waals surface area (Å²) in [4.78, 5) is 12.0. The third kappa shape index (κ3) is 3.41. The van der Waals surface area contributed by atoms with Crippen molar-refractivity contribution < 1.29 is 4.74 Å². The third-order valence-corrected chi connectivity index (χ3v) is 4.06. The van der Waals surface area contributed by atoms with Crippen molar-refractivity contribution >= 4 is 17.3 Å².